The van der Waals surface area contributed by atoms with Gasteiger partial charge in [-0.25, -0.2) is 4.39 Å². The van der Waals surface area contributed by atoms with Crippen LogP contribution in [0.3, 0.4) is 0 Å². The Morgan fingerprint density at radius 1 is 1.24 bits per heavy atom. The van der Waals surface area contributed by atoms with Crippen LogP contribution >= 0.6 is 12.2 Å². The average Bonchev–Trinajstić information content (AvgIpc) is 2.45. The summed E-state index contributed by atoms with van der Waals surface area (Å²) in [5.41, 5.74) is 9.00. The molecule has 0 aromatic heterocycles. The van der Waals surface area contributed by atoms with E-state index in [0.717, 1.165) is 12.2 Å². The molecule has 0 amide bonds. The number of nitrogens with two attached hydrogens (primary N) is 1. The lowest BCUT2D eigenvalue weighted by molar-refractivity contribution is 0.605. The molecule has 0 bridgehead atoms. The zero-order chi connectivity index (χ0) is 15.4. The lowest BCUT2D eigenvalue weighted by Gasteiger charge is -2.24. The Labute approximate surface area is 130 Å². The van der Waals surface area contributed by atoms with Crippen molar-refractivity contribution in [1.29, 1.82) is 0 Å². The van der Waals surface area contributed by atoms with E-state index in [4.69, 9.17) is 18.0 Å². The third-order valence-corrected chi connectivity index (χ3v) is 3.68. The molecule has 0 saturated carbocycles. The van der Waals surface area contributed by atoms with Crippen molar-refractivity contribution in [3.63, 3.8) is 0 Å². The van der Waals surface area contributed by atoms with E-state index in [2.05, 4.69) is 30.9 Å². The van der Waals surface area contributed by atoms with Gasteiger partial charge >= 0.3 is 0 Å². The maximum absolute atomic E-state index is 14.2. The summed E-state index contributed by atoms with van der Waals surface area (Å²) in [5.74, 6) is -0.272. The first-order chi connectivity index (χ1) is 10.0. The summed E-state index contributed by atoms with van der Waals surface area (Å²) in [6.07, 6.45) is 0. The smallest absolute Gasteiger partial charge is 0.128 e. The summed E-state index contributed by atoms with van der Waals surface area (Å²) >= 11 is 4.87. The van der Waals surface area contributed by atoms with Crippen molar-refractivity contribution in [2.45, 2.75) is 20.4 Å². The number of hydrogen-bond donors (Lipinski definition) is 1. The molecule has 2 rings (SSSR count). The third kappa shape index (κ3) is 3.79. The molecule has 0 aliphatic rings. The Kier molecular flexibility index (Phi) is 4.91. The highest BCUT2D eigenvalue weighted by Gasteiger charge is 2.10. The maximum Gasteiger partial charge on any atom is 0.128 e. The number of rotatable bonds is 5. The minimum atomic E-state index is -0.272. The highest BCUT2D eigenvalue weighted by Crippen LogP contribution is 2.20. The van der Waals surface area contributed by atoms with Crippen LogP contribution < -0.4 is 10.6 Å². The molecule has 21 heavy (non-hydrogen) atoms. The largest absolute Gasteiger partial charge is 0.389 e. The molecule has 0 atom stereocenters. The minimum Gasteiger partial charge on any atom is -0.389 e. The van der Waals surface area contributed by atoms with E-state index in [1.165, 1.54) is 11.6 Å². The fraction of sp³-hybridized carbons (Fsp3) is 0.235. The van der Waals surface area contributed by atoms with Crippen molar-refractivity contribution < 1.29 is 4.39 Å². The molecule has 0 aliphatic heterocycles. The lowest BCUT2D eigenvalue weighted by Crippen LogP contribution is -2.23. The molecule has 2 aromatic carbocycles. The summed E-state index contributed by atoms with van der Waals surface area (Å²) in [7, 11) is 0. The van der Waals surface area contributed by atoms with Crippen LogP contribution in [0.2, 0.25) is 0 Å². The van der Waals surface area contributed by atoms with Crippen molar-refractivity contribution in [1.82, 2.24) is 0 Å². The molecule has 2 N–H and O–H groups in total. The first kappa shape index (κ1) is 15.4. The van der Waals surface area contributed by atoms with E-state index in [1.54, 1.807) is 12.1 Å². The van der Waals surface area contributed by atoms with Gasteiger partial charge in [0.05, 0.1) is 0 Å². The van der Waals surface area contributed by atoms with Gasteiger partial charge in [0.2, 0.25) is 0 Å². The quantitative estimate of drug-likeness (QED) is 0.852. The predicted molar refractivity (Wildman–Crippen MR) is 90.2 cm³/mol. The number of halogens is 1. The van der Waals surface area contributed by atoms with Crippen LogP contribution in [0.15, 0.2) is 42.5 Å². The number of anilines is 1. The lowest BCUT2D eigenvalue weighted by atomic mass is 10.1. The molecule has 0 heterocycles. The van der Waals surface area contributed by atoms with Crippen LogP contribution in [0.5, 0.6) is 0 Å². The number of hydrogen-bond acceptors (Lipinski definition) is 2. The van der Waals surface area contributed by atoms with Crippen LogP contribution in [0, 0.1) is 12.7 Å². The Morgan fingerprint density at radius 3 is 2.57 bits per heavy atom. The van der Waals surface area contributed by atoms with E-state index < -0.39 is 0 Å². The van der Waals surface area contributed by atoms with E-state index in [9.17, 15) is 4.39 Å². The van der Waals surface area contributed by atoms with Crippen LogP contribution in [0.25, 0.3) is 0 Å². The molecule has 0 aliphatic carbocycles. The van der Waals surface area contributed by atoms with Gasteiger partial charge in [0.15, 0.2) is 0 Å². The minimum absolute atomic E-state index is 0.214. The summed E-state index contributed by atoms with van der Waals surface area (Å²) < 4.78 is 14.2. The SMILES string of the molecule is CCN(Cc1ccc(C(N)=S)cc1F)c1cccc(C)c1. The van der Waals surface area contributed by atoms with Crippen LogP contribution in [-0.2, 0) is 6.54 Å². The Bertz CT molecular complexity index is 655. The fourth-order valence-corrected chi connectivity index (χ4v) is 2.37. The third-order valence-electron chi connectivity index (χ3n) is 3.45. The van der Waals surface area contributed by atoms with Crippen LogP contribution in [0.1, 0.15) is 23.6 Å². The van der Waals surface area contributed by atoms with Crippen molar-refractivity contribution in [2.75, 3.05) is 11.4 Å². The number of aryl methyl sites for hydroxylation is 1. The summed E-state index contributed by atoms with van der Waals surface area (Å²) in [4.78, 5) is 2.35. The zero-order valence-electron chi connectivity index (χ0n) is 12.3. The molecule has 2 aromatic rings. The van der Waals surface area contributed by atoms with Crippen molar-refractivity contribution >= 4 is 22.9 Å². The zero-order valence-corrected chi connectivity index (χ0v) is 13.1. The maximum atomic E-state index is 14.2. The molecule has 2 nitrogen and oxygen atoms in total. The standard InChI is InChI=1S/C17H19FN2S/c1-3-20(15-6-4-5-12(2)9-15)11-14-8-7-13(17(19)21)10-16(14)18/h4-10H,3,11H2,1-2H3,(H2,19,21). The molecular formula is C17H19FN2S. The summed E-state index contributed by atoms with van der Waals surface area (Å²) in [6, 6.07) is 13.1. The second kappa shape index (κ2) is 6.68. The normalized spacial score (nSPS) is 10.4. The van der Waals surface area contributed by atoms with E-state index in [-0.39, 0.29) is 10.8 Å². The fourth-order valence-electron chi connectivity index (χ4n) is 2.24. The van der Waals surface area contributed by atoms with E-state index in [1.807, 2.05) is 12.1 Å². The monoisotopic (exact) mass is 302 g/mol. The second-order valence-corrected chi connectivity index (χ2v) is 5.46. The Balaban J connectivity index is 2.25. The van der Waals surface area contributed by atoms with Gasteiger partial charge in [-0.1, -0.05) is 36.5 Å². The highest BCUT2D eigenvalue weighted by atomic mass is 32.1. The van der Waals surface area contributed by atoms with E-state index in [0.29, 0.717) is 17.7 Å². The van der Waals surface area contributed by atoms with Gasteiger partial charge in [0, 0.05) is 29.9 Å². The summed E-state index contributed by atoms with van der Waals surface area (Å²) in [6.45, 7) is 5.43. The van der Waals surface area contributed by atoms with Gasteiger partial charge in [-0.3, -0.25) is 0 Å². The van der Waals surface area contributed by atoms with E-state index >= 15 is 0 Å². The highest BCUT2D eigenvalue weighted by molar-refractivity contribution is 7.80. The predicted octanol–water partition coefficient (Wildman–Crippen LogP) is 3.79. The molecule has 0 fully saturated rings. The van der Waals surface area contributed by atoms with Crippen molar-refractivity contribution in [3.05, 3.63) is 65.0 Å². The number of benzene rings is 2. The summed E-state index contributed by atoms with van der Waals surface area (Å²) in [5, 5.41) is 0. The van der Waals surface area contributed by atoms with Gasteiger partial charge in [-0.15, -0.1) is 0 Å². The molecule has 0 radical (unpaired) electrons. The number of thiocarbonyl (C=S) groups is 1. The van der Waals surface area contributed by atoms with Gasteiger partial charge in [0.25, 0.3) is 0 Å². The second-order valence-electron chi connectivity index (χ2n) is 5.02. The van der Waals surface area contributed by atoms with Gasteiger partial charge in [-0.2, -0.15) is 0 Å². The van der Waals surface area contributed by atoms with Crippen molar-refractivity contribution in [3.8, 4) is 0 Å². The molecule has 4 heteroatoms. The molecule has 0 unspecified atom stereocenters. The number of nitrogens with zero attached hydrogens (tertiary/aromatic N) is 1. The Hall–Kier alpha value is -1.94. The van der Waals surface area contributed by atoms with Gasteiger partial charge in [0.1, 0.15) is 10.8 Å². The Morgan fingerprint density at radius 2 is 2.00 bits per heavy atom. The van der Waals surface area contributed by atoms with Crippen molar-refractivity contribution in [2.24, 2.45) is 5.73 Å². The van der Waals surface area contributed by atoms with Gasteiger partial charge < -0.3 is 10.6 Å². The topological polar surface area (TPSA) is 29.3 Å². The average molecular weight is 302 g/mol. The molecular weight excluding hydrogens is 283 g/mol. The molecule has 0 saturated heterocycles. The van der Waals surface area contributed by atoms with Gasteiger partial charge in [-0.05, 0) is 37.6 Å². The first-order valence-corrected chi connectivity index (χ1v) is 7.32. The first-order valence-electron chi connectivity index (χ1n) is 6.91. The molecule has 110 valence electrons. The molecule has 0 spiro atoms. The van der Waals surface area contributed by atoms with Crippen LogP contribution in [0.4, 0.5) is 10.1 Å². The van der Waals surface area contributed by atoms with Crippen LogP contribution in [-0.4, -0.2) is 11.5 Å².